The molecule has 0 amide bonds. The van der Waals surface area contributed by atoms with E-state index in [0.717, 1.165) is 4.31 Å². The van der Waals surface area contributed by atoms with Crippen molar-refractivity contribution in [2.45, 2.75) is 24.0 Å². The lowest BCUT2D eigenvalue weighted by Crippen LogP contribution is -2.50. The van der Waals surface area contributed by atoms with Gasteiger partial charge in [0, 0.05) is 13.1 Å². The summed E-state index contributed by atoms with van der Waals surface area (Å²) in [4.78, 5) is -0.462. The normalized spacial score (nSPS) is 24.8. The van der Waals surface area contributed by atoms with Gasteiger partial charge in [-0.05, 0) is 19.1 Å². The molecular formula is C12H15ClFNO4S. The lowest BCUT2D eigenvalue weighted by molar-refractivity contribution is -0.0750. The van der Waals surface area contributed by atoms with E-state index in [2.05, 4.69) is 0 Å². The van der Waals surface area contributed by atoms with E-state index in [4.69, 9.17) is 21.4 Å². The Bertz CT molecular complexity index is 595. The van der Waals surface area contributed by atoms with E-state index in [0.29, 0.717) is 0 Å². The van der Waals surface area contributed by atoms with E-state index in [1.807, 2.05) is 0 Å². The number of aliphatic hydroxyl groups excluding tert-OH is 1. The van der Waals surface area contributed by atoms with Gasteiger partial charge >= 0.3 is 0 Å². The second-order valence-corrected chi connectivity index (χ2v) is 6.94. The Morgan fingerprint density at radius 2 is 2.20 bits per heavy atom. The molecule has 0 aromatic heterocycles. The van der Waals surface area contributed by atoms with Crippen LogP contribution in [-0.4, -0.2) is 49.7 Å². The fourth-order valence-electron chi connectivity index (χ4n) is 2.12. The van der Waals surface area contributed by atoms with E-state index in [-0.39, 0.29) is 30.8 Å². The third kappa shape index (κ3) is 2.96. The monoisotopic (exact) mass is 323 g/mol. The average Bonchev–Trinajstić information content (AvgIpc) is 2.40. The molecule has 0 aliphatic carbocycles. The summed E-state index contributed by atoms with van der Waals surface area (Å²) in [6.45, 7) is 1.48. The molecule has 1 fully saturated rings. The molecule has 1 aliphatic rings. The van der Waals surface area contributed by atoms with Gasteiger partial charge < -0.3 is 9.84 Å². The highest BCUT2D eigenvalue weighted by molar-refractivity contribution is 7.89. The number of hydrogen-bond donors (Lipinski definition) is 1. The molecule has 2 rings (SSSR count). The number of aliphatic hydroxyl groups is 1. The predicted molar refractivity (Wildman–Crippen MR) is 71.6 cm³/mol. The second-order valence-electron chi connectivity index (χ2n) is 4.63. The van der Waals surface area contributed by atoms with E-state index >= 15 is 0 Å². The van der Waals surface area contributed by atoms with Crippen LogP contribution in [0, 0.1) is 5.82 Å². The minimum absolute atomic E-state index is 0.0187. The molecule has 1 heterocycles. The fraction of sp³-hybridized carbons (Fsp3) is 0.500. The Hall–Kier alpha value is -0.730. The molecule has 0 saturated carbocycles. The summed E-state index contributed by atoms with van der Waals surface area (Å²) in [5, 5.41) is 8.88. The van der Waals surface area contributed by atoms with Crippen molar-refractivity contribution in [2.24, 2.45) is 0 Å². The van der Waals surface area contributed by atoms with Gasteiger partial charge in [0.25, 0.3) is 0 Å². The molecule has 1 N–H and O–H groups in total. The van der Waals surface area contributed by atoms with Crippen LogP contribution in [0.25, 0.3) is 0 Å². The zero-order chi connectivity index (χ0) is 14.9. The summed E-state index contributed by atoms with van der Waals surface area (Å²) >= 11 is 5.62. The number of rotatable bonds is 3. The molecule has 1 aromatic rings. The molecule has 2 unspecified atom stereocenters. The Labute approximate surface area is 122 Å². The van der Waals surface area contributed by atoms with Crippen LogP contribution in [0.5, 0.6) is 0 Å². The number of morpholine rings is 1. The quantitative estimate of drug-likeness (QED) is 0.909. The van der Waals surface area contributed by atoms with Crippen molar-refractivity contribution in [1.82, 2.24) is 4.31 Å². The van der Waals surface area contributed by atoms with Gasteiger partial charge in [0.05, 0.1) is 23.8 Å². The zero-order valence-electron chi connectivity index (χ0n) is 10.8. The molecule has 20 heavy (non-hydrogen) atoms. The molecule has 112 valence electrons. The lowest BCUT2D eigenvalue weighted by atomic mass is 10.2. The third-order valence-electron chi connectivity index (χ3n) is 3.03. The fourth-order valence-corrected chi connectivity index (χ4v) is 3.99. The number of sulfonamides is 1. The molecule has 0 spiro atoms. The number of ether oxygens (including phenoxy) is 1. The van der Waals surface area contributed by atoms with Crippen molar-refractivity contribution in [3.05, 3.63) is 29.0 Å². The highest BCUT2D eigenvalue weighted by Crippen LogP contribution is 2.26. The summed E-state index contributed by atoms with van der Waals surface area (Å²) in [5.41, 5.74) is 0. The van der Waals surface area contributed by atoms with Crippen molar-refractivity contribution in [2.75, 3.05) is 19.7 Å². The van der Waals surface area contributed by atoms with Crippen LogP contribution in [0.3, 0.4) is 0 Å². The Morgan fingerprint density at radius 3 is 2.85 bits per heavy atom. The largest absolute Gasteiger partial charge is 0.394 e. The zero-order valence-corrected chi connectivity index (χ0v) is 12.4. The first kappa shape index (κ1) is 15.7. The summed E-state index contributed by atoms with van der Waals surface area (Å²) in [6.07, 6.45) is -0.992. The maximum atomic E-state index is 13.9. The smallest absolute Gasteiger partial charge is 0.246 e. The number of halogens is 2. The number of nitrogens with zero attached hydrogens (tertiary/aromatic N) is 1. The summed E-state index contributed by atoms with van der Waals surface area (Å²) in [7, 11) is -4.01. The summed E-state index contributed by atoms with van der Waals surface area (Å²) in [5.74, 6) is -0.964. The number of benzene rings is 1. The standard InChI is InChI=1S/C12H15ClFNO4S/c1-8-5-15(6-9(7-16)19-8)20(17,18)11-4-2-3-10(13)12(11)14/h2-4,8-9,16H,5-7H2,1H3. The van der Waals surface area contributed by atoms with Crippen molar-refractivity contribution >= 4 is 21.6 Å². The van der Waals surface area contributed by atoms with Gasteiger partial charge in [0.2, 0.25) is 10.0 Å². The van der Waals surface area contributed by atoms with Crippen molar-refractivity contribution in [3.63, 3.8) is 0 Å². The first-order valence-corrected chi connectivity index (χ1v) is 7.88. The Morgan fingerprint density at radius 1 is 1.50 bits per heavy atom. The minimum atomic E-state index is -4.01. The van der Waals surface area contributed by atoms with Gasteiger partial charge in [-0.2, -0.15) is 4.31 Å². The van der Waals surface area contributed by atoms with E-state index in [1.54, 1.807) is 6.92 Å². The number of hydrogen-bond acceptors (Lipinski definition) is 4. The molecule has 8 heteroatoms. The van der Waals surface area contributed by atoms with E-state index in [1.165, 1.54) is 18.2 Å². The van der Waals surface area contributed by atoms with E-state index < -0.39 is 26.8 Å². The van der Waals surface area contributed by atoms with Crippen molar-refractivity contribution < 1.29 is 22.7 Å². The van der Waals surface area contributed by atoms with Crippen LogP contribution in [0.2, 0.25) is 5.02 Å². The lowest BCUT2D eigenvalue weighted by Gasteiger charge is -2.35. The molecular weight excluding hydrogens is 309 g/mol. The highest BCUT2D eigenvalue weighted by Gasteiger charge is 2.35. The van der Waals surface area contributed by atoms with Gasteiger partial charge in [-0.1, -0.05) is 17.7 Å². The summed E-state index contributed by atoms with van der Waals surface area (Å²) in [6, 6.07) is 3.84. The Balaban J connectivity index is 2.37. The van der Waals surface area contributed by atoms with Gasteiger partial charge in [0.1, 0.15) is 4.90 Å². The molecule has 0 bridgehead atoms. The van der Waals surface area contributed by atoms with E-state index in [9.17, 15) is 12.8 Å². The molecule has 1 saturated heterocycles. The van der Waals surface area contributed by atoms with Crippen LogP contribution in [-0.2, 0) is 14.8 Å². The summed E-state index contributed by atoms with van der Waals surface area (Å²) < 4.78 is 45.3. The molecule has 0 radical (unpaired) electrons. The first-order valence-electron chi connectivity index (χ1n) is 6.06. The van der Waals surface area contributed by atoms with Crippen LogP contribution >= 0.6 is 11.6 Å². The maximum Gasteiger partial charge on any atom is 0.246 e. The van der Waals surface area contributed by atoms with Crippen LogP contribution < -0.4 is 0 Å². The highest BCUT2D eigenvalue weighted by atomic mass is 35.5. The van der Waals surface area contributed by atoms with Gasteiger partial charge in [-0.3, -0.25) is 0 Å². The molecule has 1 aromatic carbocycles. The maximum absolute atomic E-state index is 13.9. The van der Waals surface area contributed by atoms with Gasteiger partial charge in [-0.15, -0.1) is 0 Å². The third-order valence-corrected chi connectivity index (χ3v) is 5.17. The minimum Gasteiger partial charge on any atom is -0.394 e. The predicted octanol–water partition coefficient (Wildman–Crippen LogP) is 1.25. The van der Waals surface area contributed by atoms with Gasteiger partial charge in [0.15, 0.2) is 5.82 Å². The van der Waals surface area contributed by atoms with Crippen molar-refractivity contribution in [3.8, 4) is 0 Å². The average molecular weight is 324 g/mol. The SMILES string of the molecule is CC1CN(S(=O)(=O)c2cccc(Cl)c2F)CC(CO)O1. The Kier molecular flexibility index (Phi) is 4.66. The van der Waals surface area contributed by atoms with Crippen LogP contribution in [0.1, 0.15) is 6.92 Å². The van der Waals surface area contributed by atoms with Crippen LogP contribution in [0.4, 0.5) is 4.39 Å². The van der Waals surface area contributed by atoms with Crippen molar-refractivity contribution in [1.29, 1.82) is 0 Å². The second kappa shape index (κ2) is 5.95. The molecule has 1 aliphatic heterocycles. The van der Waals surface area contributed by atoms with Gasteiger partial charge in [-0.25, -0.2) is 12.8 Å². The molecule has 5 nitrogen and oxygen atoms in total. The van der Waals surface area contributed by atoms with Crippen LogP contribution in [0.15, 0.2) is 23.1 Å². The topological polar surface area (TPSA) is 66.8 Å². The molecule has 2 atom stereocenters. The first-order chi connectivity index (χ1) is 9.36.